The molecule has 0 aliphatic carbocycles. The summed E-state index contributed by atoms with van der Waals surface area (Å²) in [5.41, 5.74) is 0. The first-order valence-corrected chi connectivity index (χ1v) is 7.04. The first kappa shape index (κ1) is 14.8. The second kappa shape index (κ2) is 5.08. The van der Waals surface area contributed by atoms with E-state index < -0.39 is 51.2 Å². The summed E-state index contributed by atoms with van der Waals surface area (Å²) in [7, 11) is -4.40. The normalized spacial score (nSPS) is 23.9. The third-order valence-corrected chi connectivity index (χ3v) is 4.81. The van der Waals surface area contributed by atoms with Crippen molar-refractivity contribution in [3.05, 3.63) is 29.8 Å². The second-order valence-corrected chi connectivity index (χ2v) is 6.31. The van der Waals surface area contributed by atoms with Crippen molar-refractivity contribution in [2.24, 2.45) is 0 Å². The molecule has 1 saturated heterocycles. The van der Waals surface area contributed by atoms with E-state index in [9.17, 15) is 27.1 Å². The summed E-state index contributed by atoms with van der Waals surface area (Å²) in [6.07, 6.45) is -1.41. The summed E-state index contributed by atoms with van der Waals surface area (Å²) < 4.78 is 51.1. The average molecular weight is 307 g/mol. The molecule has 0 saturated carbocycles. The third kappa shape index (κ3) is 2.65. The van der Waals surface area contributed by atoms with Crippen molar-refractivity contribution in [3.8, 4) is 0 Å². The molecular formula is C11H11F2NO5S. The molecule has 0 aromatic heterocycles. The molecule has 2 rings (SSSR count). The largest absolute Gasteiger partial charge is 0.480 e. The zero-order valence-corrected chi connectivity index (χ0v) is 10.8. The van der Waals surface area contributed by atoms with Gasteiger partial charge in [0.25, 0.3) is 0 Å². The van der Waals surface area contributed by atoms with E-state index >= 15 is 0 Å². The Morgan fingerprint density at radius 3 is 2.30 bits per heavy atom. The maximum Gasteiger partial charge on any atom is 0.322 e. The fourth-order valence-corrected chi connectivity index (χ4v) is 3.76. The van der Waals surface area contributed by atoms with Gasteiger partial charge in [-0.25, -0.2) is 17.2 Å². The highest BCUT2D eigenvalue weighted by Crippen LogP contribution is 2.27. The van der Waals surface area contributed by atoms with Crippen molar-refractivity contribution in [2.45, 2.75) is 23.5 Å². The van der Waals surface area contributed by atoms with Gasteiger partial charge in [-0.15, -0.1) is 0 Å². The van der Waals surface area contributed by atoms with E-state index in [4.69, 9.17) is 5.11 Å². The smallest absolute Gasteiger partial charge is 0.322 e. The second-order valence-electron chi connectivity index (χ2n) is 4.42. The molecule has 1 heterocycles. The van der Waals surface area contributed by atoms with E-state index in [0.29, 0.717) is 22.5 Å². The predicted molar refractivity (Wildman–Crippen MR) is 62.3 cm³/mol. The third-order valence-electron chi connectivity index (χ3n) is 2.96. The van der Waals surface area contributed by atoms with Crippen LogP contribution in [0.4, 0.5) is 8.78 Å². The monoisotopic (exact) mass is 307 g/mol. The average Bonchev–Trinajstić information content (AvgIpc) is 2.71. The number of halogens is 2. The van der Waals surface area contributed by atoms with Crippen LogP contribution in [0.5, 0.6) is 0 Å². The SMILES string of the molecule is O=C(O)[C@@H]1C[C@@H](O)CN1S(=O)(=O)c1cc(F)cc(F)c1. The number of aliphatic hydroxyl groups is 1. The van der Waals surface area contributed by atoms with Crippen LogP contribution in [0, 0.1) is 11.6 Å². The Labute approximate surface area is 113 Å². The van der Waals surface area contributed by atoms with Crippen LogP contribution < -0.4 is 0 Å². The first-order chi connectivity index (χ1) is 9.21. The van der Waals surface area contributed by atoms with Crippen LogP contribution in [0.2, 0.25) is 0 Å². The number of β-amino-alcohol motifs (C(OH)–C–C–N with tert-alkyl or cyclic N) is 1. The Morgan fingerprint density at radius 1 is 1.25 bits per heavy atom. The van der Waals surface area contributed by atoms with Crippen LogP contribution in [0.15, 0.2) is 23.1 Å². The molecule has 1 aliphatic rings. The van der Waals surface area contributed by atoms with Crippen LogP contribution in [0.25, 0.3) is 0 Å². The maximum atomic E-state index is 13.1. The van der Waals surface area contributed by atoms with Gasteiger partial charge in [0.2, 0.25) is 10.0 Å². The highest BCUT2D eigenvalue weighted by atomic mass is 32.2. The quantitative estimate of drug-likeness (QED) is 0.830. The van der Waals surface area contributed by atoms with Crippen molar-refractivity contribution in [1.82, 2.24) is 4.31 Å². The molecule has 0 spiro atoms. The zero-order valence-electron chi connectivity index (χ0n) is 10.0. The number of carbonyl (C=O) groups is 1. The lowest BCUT2D eigenvalue weighted by molar-refractivity contribution is -0.140. The minimum absolute atomic E-state index is 0.271. The molecule has 0 radical (unpaired) electrons. The number of hydrogen-bond donors (Lipinski definition) is 2. The first-order valence-electron chi connectivity index (χ1n) is 5.60. The zero-order chi connectivity index (χ0) is 15.1. The molecule has 2 atom stereocenters. The van der Waals surface area contributed by atoms with E-state index in [0.717, 1.165) is 0 Å². The molecule has 0 unspecified atom stereocenters. The topological polar surface area (TPSA) is 94.9 Å². The Balaban J connectivity index is 2.46. The molecule has 1 aliphatic heterocycles. The number of aliphatic hydroxyl groups excluding tert-OH is 1. The predicted octanol–water partition coefficient (Wildman–Crippen LogP) is 0.173. The summed E-state index contributed by atoms with van der Waals surface area (Å²) in [5.74, 6) is -3.60. The van der Waals surface area contributed by atoms with Gasteiger partial charge in [-0.2, -0.15) is 4.31 Å². The lowest BCUT2D eigenvalue weighted by Gasteiger charge is -2.20. The molecule has 1 aromatic rings. The Morgan fingerprint density at radius 2 is 1.80 bits per heavy atom. The van der Waals surface area contributed by atoms with Crippen LogP contribution in [0.1, 0.15) is 6.42 Å². The van der Waals surface area contributed by atoms with Crippen molar-refractivity contribution in [3.63, 3.8) is 0 Å². The van der Waals surface area contributed by atoms with Gasteiger partial charge in [0.15, 0.2) is 0 Å². The van der Waals surface area contributed by atoms with Gasteiger partial charge in [0.05, 0.1) is 11.0 Å². The molecule has 6 nitrogen and oxygen atoms in total. The Kier molecular flexibility index (Phi) is 3.76. The lowest BCUT2D eigenvalue weighted by atomic mass is 10.2. The number of nitrogens with zero attached hydrogens (tertiary/aromatic N) is 1. The minimum atomic E-state index is -4.40. The molecule has 0 bridgehead atoms. The lowest BCUT2D eigenvalue weighted by Crippen LogP contribution is -2.40. The number of carboxylic acid groups (broad SMARTS) is 1. The molecule has 1 fully saturated rings. The van der Waals surface area contributed by atoms with Gasteiger partial charge in [-0.05, 0) is 12.1 Å². The van der Waals surface area contributed by atoms with Gasteiger partial charge in [0, 0.05) is 19.0 Å². The number of carboxylic acids is 1. The van der Waals surface area contributed by atoms with Crippen molar-refractivity contribution < 1.29 is 32.2 Å². The highest BCUT2D eigenvalue weighted by molar-refractivity contribution is 7.89. The Bertz CT molecular complexity index is 628. The number of rotatable bonds is 3. The van der Waals surface area contributed by atoms with Crippen LogP contribution in [-0.2, 0) is 14.8 Å². The summed E-state index contributed by atoms with van der Waals surface area (Å²) in [6.45, 7) is -0.433. The van der Waals surface area contributed by atoms with Gasteiger partial charge in [0.1, 0.15) is 17.7 Å². The van der Waals surface area contributed by atoms with Gasteiger partial charge < -0.3 is 10.2 Å². The molecular weight excluding hydrogens is 296 g/mol. The summed E-state index contributed by atoms with van der Waals surface area (Å²) in [6, 6.07) is 0.248. The fraction of sp³-hybridized carbons (Fsp3) is 0.364. The van der Waals surface area contributed by atoms with Crippen molar-refractivity contribution >= 4 is 16.0 Å². The van der Waals surface area contributed by atoms with E-state index in [1.54, 1.807) is 0 Å². The van der Waals surface area contributed by atoms with Crippen LogP contribution in [0.3, 0.4) is 0 Å². The Hall–Kier alpha value is -1.58. The summed E-state index contributed by atoms with van der Waals surface area (Å²) >= 11 is 0. The molecule has 1 aromatic carbocycles. The van der Waals surface area contributed by atoms with Crippen molar-refractivity contribution in [2.75, 3.05) is 6.54 Å². The van der Waals surface area contributed by atoms with Crippen LogP contribution >= 0.6 is 0 Å². The van der Waals surface area contributed by atoms with Gasteiger partial charge in [-0.1, -0.05) is 0 Å². The summed E-state index contributed by atoms with van der Waals surface area (Å²) in [5, 5.41) is 18.4. The van der Waals surface area contributed by atoms with E-state index in [1.807, 2.05) is 0 Å². The van der Waals surface area contributed by atoms with E-state index in [2.05, 4.69) is 0 Å². The highest BCUT2D eigenvalue weighted by Gasteiger charge is 2.43. The number of benzene rings is 1. The molecule has 9 heteroatoms. The minimum Gasteiger partial charge on any atom is -0.480 e. The molecule has 20 heavy (non-hydrogen) atoms. The maximum absolute atomic E-state index is 13.1. The van der Waals surface area contributed by atoms with E-state index in [-0.39, 0.29) is 6.42 Å². The van der Waals surface area contributed by atoms with Crippen LogP contribution in [-0.4, -0.2) is 47.6 Å². The molecule has 110 valence electrons. The molecule has 2 N–H and O–H groups in total. The summed E-state index contributed by atoms with van der Waals surface area (Å²) in [4.78, 5) is 10.3. The van der Waals surface area contributed by atoms with Gasteiger partial charge >= 0.3 is 5.97 Å². The fourth-order valence-electron chi connectivity index (χ4n) is 2.09. The number of hydrogen-bond acceptors (Lipinski definition) is 4. The number of sulfonamides is 1. The molecule has 0 amide bonds. The van der Waals surface area contributed by atoms with Gasteiger partial charge in [-0.3, -0.25) is 4.79 Å². The van der Waals surface area contributed by atoms with Crippen molar-refractivity contribution in [1.29, 1.82) is 0 Å². The van der Waals surface area contributed by atoms with E-state index in [1.165, 1.54) is 0 Å². The standard InChI is InChI=1S/C11H11F2NO5S/c12-6-1-7(13)3-9(2-6)20(18,19)14-5-8(15)4-10(14)11(16)17/h1-3,8,10,15H,4-5H2,(H,16,17)/t8-,10+/m1/s1. The number of aliphatic carboxylic acids is 1.